The van der Waals surface area contributed by atoms with Gasteiger partial charge in [0, 0.05) is 5.41 Å². The minimum atomic E-state index is -0.684. The van der Waals surface area contributed by atoms with Crippen molar-refractivity contribution in [3.63, 3.8) is 0 Å². The van der Waals surface area contributed by atoms with Crippen LogP contribution in [0.25, 0.3) is 0 Å². The second-order valence-corrected chi connectivity index (χ2v) is 8.73. The number of carbonyl (C=O) groups is 1. The molecule has 3 heteroatoms. The van der Waals surface area contributed by atoms with Crippen LogP contribution in [0.4, 0.5) is 0 Å². The van der Waals surface area contributed by atoms with E-state index in [-0.39, 0.29) is 17.9 Å². The number of carboxylic acids is 1. The van der Waals surface area contributed by atoms with Gasteiger partial charge in [-0.05, 0) is 66.4 Å². The minimum Gasteiger partial charge on any atom is -0.481 e. The van der Waals surface area contributed by atoms with Crippen molar-refractivity contribution in [3.8, 4) is 0 Å². The van der Waals surface area contributed by atoms with E-state index in [0.717, 1.165) is 25.7 Å². The summed E-state index contributed by atoms with van der Waals surface area (Å²) in [5.74, 6) is 1.40. The Labute approximate surface area is 144 Å². The Balaban J connectivity index is 1.76. The van der Waals surface area contributed by atoms with E-state index in [1.165, 1.54) is 11.1 Å². The number of hydrogen-bond acceptors (Lipinski definition) is 2. The van der Waals surface area contributed by atoms with Crippen LogP contribution in [0.5, 0.6) is 0 Å². The Kier molecular flexibility index (Phi) is 3.76. The molecule has 3 nitrogen and oxygen atoms in total. The van der Waals surface area contributed by atoms with Crippen molar-refractivity contribution in [3.05, 3.63) is 35.4 Å². The van der Waals surface area contributed by atoms with Gasteiger partial charge in [0.25, 0.3) is 0 Å². The summed E-state index contributed by atoms with van der Waals surface area (Å²) in [6.07, 6.45) is 4.06. The van der Waals surface area contributed by atoms with Gasteiger partial charge in [0.15, 0.2) is 0 Å². The molecule has 4 aliphatic rings. The van der Waals surface area contributed by atoms with E-state index in [2.05, 4.69) is 38.1 Å². The maximum atomic E-state index is 11.8. The Bertz CT molecular complexity index is 601. The van der Waals surface area contributed by atoms with Crippen molar-refractivity contribution in [2.45, 2.75) is 63.4 Å². The van der Waals surface area contributed by atoms with Crippen molar-refractivity contribution < 1.29 is 15.0 Å². The summed E-state index contributed by atoms with van der Waals surface area (Å²) in [6.45, 7) is 4.37. The average Bonchev–Trinajstić information content (AvgIpc) is 2.52. The third-order valence-corrected chi connectivity index (χ3v) is 7.33. The highest BCUT2D eigenvalue weighted by Crippen LogP contribution is 2.64. The molecule has 0 unspecified atom stereocenters. The van der Waals surface area contributed by atoms with Gasteiger partial charge in [-0.2, -0.15) is 0 Å². The number of benzene rings is 1. The SMILES string of the molecule is CC(C)c1ccc(C2(CC(=O)O)C3CC4CC2CC(C3)C4O)cc1. The summed E-state index contributed by atoms with van der Waals surface area (Å²) < 4.78 is 0. The zero-order valence-electron chi connectivity index (χ0n) is 14.6. The van der Waals surface area contributed by atoms with Crippen molar-refractivity contribution in [2.24, 2.45) is 23.7 Å². The average molecular weight is 328 g/mol. The summed E-state index contributed by atoms with van der Waals surface area (Å²) in [5, 5.41) is 20.1. The Morgan fingerprint density at radius 3 is 2.00 bits per heavy atom. The molecule has 130 valence electrons. The lowest BCUT2D eigenvalue weighted by Gasteiger charge is -2.62. The second kappa shape index (κ2) is 5.59. The fourth-order valence-corrected chi connectivity index (χ4v) is 6.25. The zero-order valence-corrected chi connectivity index (χ0v) is 14.6. The number of rotatable bonds is 4. The molecular weight excluding hydrogens is 300 g/mol. The second-order valence-electron chi connectivity index (χ2n) is 8.73. The van der Waals surface area contributed by atoms with Gasteiger partial charge in [-0.25, -0.2) is 0 Å². The van der Waals surface area contributed by atoms with Gasteiger partial charge in [-0.1, -0.05) is 38.1 Å². The minimum absolute atomic E-state index is 0.149. The smallest absolute Gasteiger partial charge is 0.304 e. The molecule has 0 radical (unpaired) electrons. The molecule has 4 fully saturated rings. The van der Waals surface area contributed by atoms with Crippen LogP contribution >= 0.6 is 0 Å². The zero-order chi connectivity index (χ0) is 17.1. The monoisotopic (exact) mass is 328 g/mol. The van der Waals surface area contributed by atoms with Gasteiger partial charge >= 0.3 is 5.97 Å². The van der Waals surface area contributed by atoms with Crippen molar-refractivity contribution >= 4 is 5.97 Å². The van der Waals surface area contributed by atoms with Gasteiger partial charge < -0.3 is 10.2 Å². The maximum absolute atomic E-state index is 11.8. The quantitative estimate of drug-likeness (QED) is 0.880. The van der Waals surface area contributed by atoms with Crippen molar-refractivity contribution in [2.75, 3.05) is 0 Å². The van der Waals surface area contributed by atoms with Gasteiger partial charge in [-0.3, -0.25) is 4.79 Å². The van der Waals surface area contributed by atoms with E-state index in [4.69, 9.17) is 0 Å². The van der Waals surface area contributed by atoms with Crippen LogP contribution in [0.1, 0.15) is 63.0 Å². The van der Waals surface area contributed by atoms with E-state index < -0.39 is 5.97 Å². The molecule has 4 saturated carbocycles. The van der Waals surface area contributed by atoms with E-state index in [0.29, 0.717) is 29.6 Å². The molecule has 5 rings (SSSR count). The van der Waals surface area contributed by atoms with Crippen LogP contribution in [0.3, 0.4) is 0 Å². The highest BCUT2D eigenvalue weighted by molar-refractivity contribution is 5.69. The van der Waals surface area contributed by atoms with Crippen LogP contribution in [0.2, 0.25) is 0 Å². The standard InChI is InChI=1S/C21H28O3/c1-12(2)13-3-5-16(6-4-13)21(11-19(22)23)17-7-14-8-18(21)10-15(9-17)20(14)24/h3-6,12,14-15,17-18,20,24H,7-11H2,1-2H3,(H,22,23). The summed E-state index contributed by atoms with van der Waals surface area (Å²) >= 11 is 0. The molecule has 1 aromatic rings. The Hall–Kier alpha value is -1.35. The van der Waals surface area contributed by atoms with E-state index >= 15 is 0 Å². The first-order valence-corrected chi connectivity index (χ1v) is 9.42. The molecule has 24 heavy (non-hydrogen) atoms. The molecule has 1 aromatic carbocycles. The van der Waals surface area contributed by atoms with Crippen molar-refractivity contribution in [1.29, 1.82) is 0 Å². The molecule has 0 aromatic heterocycles. The molecule has 4 bridgehead atoms. The number of carboxylic acid groups (broad SMARTS) is 1. The summed E-state index contributed by atoms with van der Waals surface area (Å²) in [6, 6.07) is 8.75. The lowest BCUT2D eigenvalue weighted by Crippen LogP contribution is -2.60. The van der Waals surface area contributed by atoms with Gasteiger partial charge in [0.1, 0.15) is 0 Å². The summed E-state index contributed by atoms with van der Waals surface area (Å²) in [4.78, 5) is 11.8. The largest absolute Gasteiger partial charge is 0.481 e. The molecule has 0 heterocycles. The topological polar surface area (TPSA) is 57.5 Å². The lowest BCUT2D eigenvalue weighted by atomic mass is 9.42. The van der Waals surface area contributed by atoms with Gasteiger partial charge in [0.2, 0.25) is 0 Å². The Morgan fingerprint density at radius 2 is 1.58 bits per heavy atom. The lowest BCUT2D eigenvalue weighted by molar-refractivity contribution is -0.156. The first-order chi connectivity index (χ1) is 11.4. The number of aliphatic hydroxyl groups excluding tert-OH is 1. The molecule has 0 aliphatic heterocycles. The van der Waals surface area contributed by atoms with Gasteiger partial charge in [-0.15, -0.1) is 0 Å². The summed E-state index contributed by atoms with van der Waals surface area (Å²) in [5.41, 5.74) is 2.30. The van der Waals surface area contributed by atoms with Crippen LogP contribution in [-0.4, -0.2) is 22.3 Å². The van der Waals surface area contributed by atoms with Crippen LogP contribution in [0.15, 0.2) is 24.3 Å². The maximum Gasteiger partial charge on any atom is 0.304 e. The van der Waals surface area contributed by atoms with E-state index in [1.807, 2.05) is 0 Å². The van der Waals surface area contributed by atoms with E-state index in [1.54, 1.807) is 0 Å². The number of hydrogen-bond donors (Lipinski definition) is 2. The number of aliphatic hydroxyl groups is 1. The van der Waals surface area contributed by atoms with Crippen LogP contribution in [0, 0.1) is 23.7 Å². The Morgan fingerprint density at radius 1 is 1.08 bits per heavy atom. The molecular formula is C21H28O3. The van der Waals surface area contributed by atoms with E-state index in [9.17, 15) is 15.0 Å². The predicted octanol–water partition coefficient (Wildman–Crippen LogP) is 3.95. The fraction of sp³-hybridized carbons (Fsp3) is 0.667. The van der Waals surface area contributed by atoms with Crippen LogP contribution in [-0.2, 0) is 10.2 Å². The molecule has 0 saturated heterocycles. The number of aliphatic carboxylic acids is 1. The predicted molar refractivity (Wildman–Crippen MR) is 92.9 cm³/mol. The molecule has 0 spiro atoms. The van der Waals surface area contributed by atoms with Gasteiger partial charge in [0.05, 0.1) is 12.5 Å². The molecule has 2 N–H and O–H groups in total. The first kappa shape index (κ1) is 16.1. The third kappa shape index (κ3) is 2.24. The normalized spacial score (nSPS) is 40.2. The first-order valence-electron chi connectivity index (χ1n) is 9.42. The third-order valence-electron chi connectivity index (χ3n) is 7.33. The molecule has 4 aliphatic carbocycles. The fourth-order valence-electron chi connectivity index (χ4n) is 6.25. The van der Waals surface area contributed by atoms with Crippen LogP contribution < -0.4 is 0 Å². The summed E-state index contributed by atoms with van der Waals surface area (Å²) in [7, 11) is 0. The highest BCUT2D eigenvalue weighted by atomic mass is 16.4. The molecule has 0 atom stereocenters. The molecule has 0 amide bonds. The van der Waals surface area contributed by atoms with Crippen molar-refractivity contribution in [1.82, 2.24) is 0 Å². The highest BCUT2D eigenvalue weighted by Gasteiger charge is 2.61.